The van der Waals surface area contributed by atoms with Crippen LogP contribution >= 0.6 is 0 Å². The summed E-state index contributed by atoms with van der Waals surface area (Å²) < 4.78 is 56.4. The smallest absolute Gasteiger partial charge is 0.475 e. The molecule has 0 bridgehead atoms. The molecule has 3 N–H and O–H groups in total. The van der Waals surface area contributed by atoms with Crippen molar-refractivity contribution in [3.8, 4) is 0 Å². The van der Waals surface area contributed by atoms with Gasteiger partial charge in [0, 0.05) is 11.9 Å². The predicted octanol–water partition coefficient (Wildman–Crippen LogP) is 1.33. The number of nitrogens with zero attached hydrogens (tertiary/aromatic N) is 1. The molecular formula is C13H14F3N3O4S. The third-order valence-corrected chi connectivity index (χ3v) is 5.63. The minimum absolute atomic E-state index is 0.299. The van der Waals surface area contributed by atoms with Gasteiger partial charge in [-0.1, -0.05) is 0 Å². The number of aromatic nitrogens is 2. The van der Waals surface area contributed by atoms with Crippen LogP contribution in [0.25, 0.3) is 10.9 Å². The van der Waals surface area contributed by atoms with Gasteiger partial charge in [-0.05, 0) is 31.2 Å². The van der Waals surface area contributed by atoms with Gasteiger partial charge in [0.05, 0.1) is 21.9 Å². The lowest BCUT2D eigenvalue weighted by Gasteiger charge is -2.10. The number of fused-ring (bicyclic) bond motifs is 1. The number of aliphatic carboxylic acids is 1. The molecule has 1 fully saturated rings. The molecule has 24 heavy (non-hydrogen) atoms. The Morgan fingerprint density at radius 3 is 2.54 bits per heavy atom. The third kappa shape index (κ3) is 4.03. The molecule has 132 valence electrons. The quantitative estimate of drug-likeness (QED) is 0.740. The van der Waals surface area contributed by atoms with Crippen LogP contribution in [0.1, 0.15) is 6.42 Å². The van der Waals surface area contributed by atoms with E-state index in [1.807, 2.05) is 0 Å². The maximum atomic E-state index is 12.3. The Balaban J connectivity index is 0.000000256. The summed E-state index contributed by atoms with van der Waals surface area (Å²) in [7, 11) is -3.21. The average Bonchev–Trinajstić information content (AvgIpc) is 3.18. The third-order valence-electron chi connectivity index (χ3n) is 3.44. The average molecular weight is 365 g/mol. The predicted molar refractivity (Wildman–Crippen MR) is 78.2 cm³/mol. The normalized spacial score (nSPS) is 18.2. The molecule has 1 aromatic heterocycles. The first-order valence-electron chi connectivity index (χ1n) is 6.80. The van der Waals surface area contributed by atoms with Crippen LogP contribution in [0.3, 0.4) is 0 Å². The van der Waals surface area contributed by atoms with Gasteiger partial charge in [-0.25, -0.2) is 13.2 Å². The zero-order chi connectivity index (χ0) is 18.0. The number of aromatic amines is 1. The van der Waals surface area contributed by atoms with Gasteiger partial charge in [0.25, 0.3) is 0 Å². The second kappa shape index (κ2) is 6.77. The van der Waals surface area contributed by atoms with E-state index in [0.717, 1.165) is 17.4 Å². The number of alkyl halides is 3. The maximum Gasteiger partial charge on any atom is 0.490 e. The van der Waals surface area contributed by atoms with Gasteiger partial charge in [-0.15, -0.1) is 0 Å². The Morgan fingerprint density at radius 2 is 2.00 bits per heavy atom. The molecule has 1 aliphatic rings. The lowest BCUT2D eigenvalue weighted by Crippen LogP contribution is -2.23. The van der Waals surface area contributed by atoms with Gasteiger partial charge in [0.1, 0.15) is 0 Å². The summed E-state index contributed by atoms with van der Waals surface area (Å²) in [5.41, 5.74) is 0.855. The Labute approximate surface area is 134 Å². The van der Waals surface area contributed by atoms with Crippen LogP contribution < -0.4 is 5.32 Å². The number of rotatable bonds is 2. The van der Waals surface area contributed by atoms with Crippen LogP contribution in [0.5, 0.6) is 0 Å². The Morgan fingerprint density at radius 1 is 1.33 bits per heavy atom. The van der Waals surface area contributed by atoms with E-state index in [9.17, 15) is 21.6 Å². The fourth-order valence-electron chi connectivity index (χ4n) is 2.18. The van der Waals surface area contributed by atoms with E-state index in [2.05, 4.69) is 15.5 Å². The van der Waals surface area contributed by atoms with E-state index >= 15 is 0 Å². The summed E-state index contributed by atoms with van der Waals surface area (Å²) in [6.45, 7) is 1.32. The number of hydrogen-bond acceptors (Lipinski definition) is 5. The first-order valence-corrected chi connectivity index (χ1v) is 8.35. The number of sulfone groups is 1. The Bertz CT molecular complexity index is 826. The van der Waals surface area contributed by atoms with E-state index in [-0.39, 0.29) is 5.25 Å². The minimum atomic E-state index is -5.08. The number of hydrogen-bond donors (Lipinski definition) is 3. The zero-order valence-electron chi connectivity index (χ0n) is 12.2. The van der Waals surface area contributed by atoms with Crippen molar-refractivity contribution in [2.75, 3.05) is 13.1 Å². The molecule has 0 amide bonds. The van der Waals surface area contributed by atoms with Crippen molar-refractivity contribution in [3.63, 3.8) is 0 Å². The number of benzene rings is 1. The minimum Gasteiger partial charge on any atom is -0.475 e. The number of H-pyrrole nitrogens is 1. The van der Waals surface area contributed by atoms with Gasteiger partial charge in [-0.3, -0.25) is 5.10 Å². The molecule has 1 unspecified atom stereocenters. The number of halogens is 3. The molecule has 1 atom stereocenters. The second-order valence-corrected chi connectivity index (χ2v) is 7.31. The molecule has 1 aliphatic heterocycles. The highest BCUT2D eigenvalue weighted by Gasteiger charge is 2.38. The summed E-state index contributed by atoms with van der Waals surface area (Å²) in [4.78, 5) is 9.28. The van der Waals surface area contributed by atoms with E-state index in [1.165, 1.54) is 0 Å². The molecule has 0 spiro atoms. The van der Waals surface area contributed by atoms with Gasteiger partial charge in [-0.2, -0.15) is 18.3 Å². The van der Waals surface area contributed by atoms with Gasteiger partial charge >= 0.3 is 12.1 Å². The highest BCUT2D eigenvalue weighted by molar-refractivity contribution is 7.92. The van der Waals surface area contributed by atoms with Crippen molar-refractivity contribution in [1.82, 2.24) is 15.5 Å². The van der Waals surface area contributed by atoms with Gasteiger partial charge in [0.15, 0.2) is 9.84 Å². The van der Waals surface area contributed by atoms with Crippen LogP contribution in [-0.4, -0.2) is 54.2 Å². The van der Waals surface area contributed by atoms with E-state index in [1.54, 1.807) is 24.4 Å². The van der Waals surface area contributed by atoms with Crippen molar-refractivity contribution < 1.29 is 31.5 Å². The SMILES string of the molecule is O=C(O)C(F)(F)F.O=S(=O)(c1ccc2[nH]ncc2c1)C1CCNC1. The summed E-state index contributed by atoms with van der Waals surface area (Å²) in [6, 6.07) is 5.10. The number of carboxylic acids is 1. The number of carbonyl (C=O) groups is 1. The molecule has 2 aromatic rings. The summed E-state index contributed by atoms with van der Waals surface area (Å²) >= 11 is 0. The van der Waals surface area contributed by atoms with Crippen molar-refractivity contribution in [2.24, 2.45) is 0 Å². The van der Waals surface area contributed by atoms with Crippen molar-refractivity contribution in [1.29, 1.82) is 0 Å². The largest absolute Gasteiger partial charge is 0.490 e. The molecule has 2 heterocycles. The summed E-state index contributed by atoms with van der Waals surface area (Å²) in [5.74, 6) is -2.76. The molecule has 0 aliphatic carbocycles. The molecule has 7 nitrogen and oxygen atoms in total. The molecule has 11 heteroatoms. The fraction of sp³-hybridized carbons (Fsp3) is 0.385. The van der Waals surface area contributed by atoms with Crippen LogP contribution in [0.2, 0.25) is 0 Å². The van der Waals surface area contributed by atoms with Crippen molar-refractivity contribution in [3.05, 3.63) is 24.4 Å². The van der Waals surface area contributed by atoms with E-state index in [4.69, 9.17) is 9.90 Å². The van der Waals surface area contributed by atoms with Crippen LogP contribution in [0, 0.1) is 0 Å². The summed E-state index contributed by atoms with van der Waals surface area (Å²) in [5, 5.41) is 17.4. The van der Waals surface area contributed by atoms with E-state index in [0.29, 0.717) is 17.9 Å². The maximum absolute atomic E-state index is 12.3. The molecule has 1 aromatic carbocycles. The molecule has 0 saturated carbocycles. The standard InChI is InChI=1S/C11H13N3O2S.C2HF3O2/c15-17(16,10-3-4-12-7-10)9-1-2-11-8(5-9)6-13-14-11;3-2(4,5)1(6)7/h1-2,5-6,10,12H,3-4,7H2,(H,13,14);(H,6,7). The Kier molecular flexibility index (Phi) is 5.13. The first-order chi connectivity index (χ1) is 11.1. The second-order valence-electron chi connectivity index (χ2n) is 5.08. The van der Waals surface area contributed by atoms with Crippen LogP contribution in [0.15, 0.2) is 29.3 Å². The van der Waals surface area contributed by atoms with Crippen molar-refractivity contribution in [2.45, 2.75) is 22.7 Å². The van der Waals surface area contributed by atoms with Crippen LogP contribution in [-0.2, 0) is 14.6 Å². The van der Waals surface area contributed by atoms with Gasteiger partial charge < -0.3 is 10.4 Å². The zero-order valence-corrected chi connectivity index (χ0v) is 13.0. The van der Waals surface area contributed by atoms with Crippen molar-refractivity contribution >= 4 is 26.7 Å². The molecular weight excluding hydrogens is 351 g/mol. The lowest BCUT2D eigenvalue weighted by atomic mass is 10.3. The fourth-order valence-corrected chi connectivity index (χ4v) is 3.88. The first kappa shape index (κ1) is 18.2. The number of nitrogens with one attached hydrogen (secondary N) is 2. The number of carboxylic acid groups (broad SMARTS) is 1. The topological polar surface area (TPSA) is 112 Å². The molecule has 3 rings (SSSR count). The highest BCUT2D eigenvalue weighted by Crippen LogP contribution is 2.23. The lowest BCUT2D eigenvalue weighted by molar-refractivity contribution is -0.192. The van der Waals surface area contributed by atoms with Crippen LogP contribution in [0.4, 0.5) is 13.2 Å². The van der Waals surface area contributed by atoms with Gasteiger partial charge in [0.2, 0.25) is 0 Å². The monoisotopic (exact) mass is 365 g/mol. The Hall–Kier alpha value is -2.14. The highest BCUT2D eigenvalue weighted by atomic mass is 32.2. The molecule has 0 radical (unpaired) electrons. The summed E-state index contributed by atoms with van der Waals surface area (Å²) in [6.07, 6.45) is -2.76. The molecule has 1 saturated heterocycles. The van der Waals surface area contributed by atoms with E-state index < -0.39 is 22.0 Å².